The molecule has 0 heterocycles. The molecule has 6 heteroatoms. The first-order valence-corrected chi connectivity index (χ1v) is 7.31. The zero-order chi connectivity index (χ0) is 18.9. The summed E-state index contributed by atoms with van der Waals surface area (Å²) in [5, 5.41) is 16.6. The predicted molar refractivity (Wildman–Crippen MR) is 102 cm³/mol. The van der Waals surface area contributed by atoms with Crippen molar-refractivity contribution in [1.29, 1.82) is 0 Å². The van der Waals surface area contributed by atoms with Crippen LogP contribution in [0.25, 0.3) is 12.2 Å². The highest BCUT2D eigenvalue weighted by atomic mass is 16.4. The third-order valence-corrected chi connectivity index (χ3v) is 2.44. The van der Waals surface area contributed by atoms with Crippen LogP contribution in [0.5, 0.6) is 0 Å². The second-order valence-electron chi connectivity index (χ2n) is 4.40. The summed E-state index contributed by atoms with van der Waals surface area (Å²) in [5.74, 6) is -1.84. The zero-order valence-corrected chi connectivity index (χ0v) is 14.3. The number of carboxylic acids is 2. The standard InChI is InChI=1S/2C9H8O2.C2H4O.H2O/c2*10-9(11)7-6-8-4-2-1-3-5-8;1-2-3;/h2*1-7H,(H,10,11);2H,1H3;1H2. The average Bonchev–Trinajstić information content (AvgIpc) is 2.61. The normalized spacial score (nSPS) is 9.12. The summed E-state index contributed by atoms with van der Waals surface area (Å²) in [7, 11) is 0. The molecule has 0 amide bonds. The molecule has 0 spiro atoms. The van der Waals surface area contributed by atoms with E-state index in [1.54, 1.807) is 12.2 Å². The summed E-state index contributed by atoms with van der Waals surface area (Å²) in [6.07, 6.45) is 6.11. The molecule has 0 atom stereocenters. The maximum atomic E-state index is 10.1. The van der Waals surface area contributed by atoms with E-state index in [-0.39, 0.29) is 5.48 Å². The molecule has 0 fully saturated rings. The monoisotopic (exact) mass is 358 g/mol. The molecule has 0 aliphatic rings. The molecule has 2 rings (SSSR count). The number of hydrogen-bond donors (Lipinski definition) is 2. The first-order valence-electron chi connectivity index (χ1n) is 7.31. The average molecular weight is 358 g/mol. The van der Waals surface area contributed by atoms with Gasteiger partial charge in [-0.3, -0.25) is 0 Å². The van der Waals surface area contributed by atoms with E-state index in [1.165, 1.54) is 6.92 Å². The number of benzene rings is 2. The number of rotatable bonds is 4. The van der Waals surface area contributed by atoms with Gasteiger partial charge in [0.2, 0.25) is 0 Å². The van der Waals surface area contributed by atoms with Crippen molar-refractivity contribution in [1.82, 2.24) is 0 Å². The van der Waals surface area contributed by atoms with E-state index in [0.29, 0.717) is 0 Å². The molecule has 0 saturated heterocycles. The Kier molecular flexibility index (Phi) is 15.6. The SMILES string of the molecule is CC=O.O.O=C(O)C=Cc1ccccc1.O=C(O)C=Cc1ccccc1. The van der Waals surface area contributed by atoms with E-state index in [2.05, 4.69) is 0 Å². The van der Waals surface area contributed by atoms with Crippen molar-refractivity contribution >= 4 is 30.4 Å². The van der Waals surface area contributed by atoms with Crippen molar-refractivity contribution in [2.45, 2.75) is 6.92 Å². The molecule has 6 nitrogen and oxygen atoms in total. The lowest BCUT2D eigenvalue weighted by molar-refractivity contribution is -0.132. The van der Waals surface area contributed by atoms with E-state index in [4.69, 9.17) is 15.0 Å². The number of aldehydes is 1. The van der Waals surface area contributed by atoms with Crippen LogP contribution < -0.4 is 0 Å². The Morgan fingerprint density at radius 3 is 1.23 bits per heavy atom. The van der Waals surface area contributed by atoms with Crippen molar-refractivity contribution in [3.8, 4) is 0 Å². The Hall–Kier alpha value is -3.51. The Morgan fingerprint density at radius 1 is 0.731 bits per heavy atom. The van der Waals surface area contributed by atoms with Crippen molar-refractivity contribution in [3.63, 3.8) is 0 Å². The van der Waals surface area contributed by atoms with Gasteiger partial charge < -0.3 is 20.5 Å². The summed E-state index contributed by atoms with van der Waals surface area (Å²) in [6, 6.07) is 18.6. The number of aliphatic carboxylic acids is 2. The van der Waals surface area contributed by atoms with Gasteiger partial charge in [0.05, 0.1) is 0 Å². The van der Waals surface area contributed by atoms with Crippen molar-refractivity contribution in [2.75, 3.05) is 0 Å². The summed E-state index contributed by atoms with van der Waals surface area (Å²) in [6.45, 7) is 1.44. The van der Waals surface area contributed by atoms with E-state index in [0.717, 1.165) is 29.6 Å². The molecular weight excluding hydrogens is 336 g/mol. The van der Waals surface area contributed by atoms with Gasteiger partial charge in [0, 0.05) is 12.2 Å². The molecule has 2 aromatic carbocycles. The van der Waals surface area contributed by atoms with Crippen LogP contribution in [0.1, 0.15) is 18.1 Å². The summed E-state index contributed by atoms with van der Waals surface area (Å²) in [5.41, 5.74) is 1.80. The second-order valence-corrected chi connectivity index (χ2v) is 4.40. The molecule has 0 saturated carbocycles. The Balaban J connectivity index is 0. The molecule has 0 aliphatic carbocycles. The minimum absolute atomic E-state index is 0. The molecule has 0 aromatic heterocycles. The highest BCUT2D eigenvalue weighted by Gasteiger charge is 1.86. The molecule has 138 valence electrons. The summed E-state index contributed by atoms with van der Waals surface area (Å²) >= 11 is 0. The fourth-order valence-electron chi connectivity index (χ4n) is 1.46. The van der Waals surface area contributed by atoms with Gasteiger partial charge in [-0.15, -0.1) is 0 Å². The molecule has 26 heavy (non-hydrogen) atoms. The van der Waals surface area contributed by atoms with Gasteiger partial charge in [-0.25, -0.2) is 9.59 Å². The maximum absolute atomic E-state index is 10.1. The van der Waals surface area contributed by atoms with Gasteiger partial charge in [0.15, 0.2) is 0 Å². The van der Waals surface area contributed by atoms with Gasteiger partial charge in [-0.05, 0) is 30.2 Å². The van der Waals surface area contributed by atoms with E-state index >= 15 is 0 Å². The van der Waals surface area contributed by atoms with Gasteiger partial charge in [0.1, 0.15) is 6.29 Å². The van der Waals surface area contributed by atoms with Gasteiger partial charge in [-0.2, -0.15) is 0 Å². The Bertz CT molecular complexity index is 631. The predicted octanol–water partition coefficient (Wildman–Crippen LogP) is 2.95. The van der Waals surface area contributed by atoms with E-state index in [9.17, 15) is 9.59 Å². The lowest BCUT2D eigenvalue weighted by Crippen LogP contribution is -1.85. The van der Waals surface area contributed by atoms with Crippen LogP contribution in [0.3, 0.4) is 0 Å². The minimum Gasteiger partial charge on any atom is -0.478 e. The lowest BCUT2D eigenvalue weighted by Gasteiger charge is -1.87. The topological polar surface area (TPSA) is 123 Å². The first kappa shape index (κ1) is 24.7. The van der Waals surface area contributed by atoms with E-state index < -0.39 is 11.9 Å². The zero-order valence-electron chi connectivity index (χ0n) is 14.3. The van der Waals surface area contributed by atoms with Crippen LogP contribution in [0, 0.1) is 0 Å². The number of carbonyl (C=O) groups is 3. The fraction of sp³-hybridized carbons (Fsp3) is 0.0500. The summed E-state index contributed by atoms with van der Waals surface area (Å²) in [4.78, 5) is 29.0. The smallest absolute Gasteiger partial charge is 0.328 e. The third-order valence-electron chi connectivity index (χ3n) is 2.44. The number of carboxylic acid groups (broad SMARTS) is 2. The molecule has 0 bridgehead atoms. The van der Waals surface area contributed by atoms with Crippen LogP contribution in [-0.4, -0.2) is 33.9 Å². The van der Waals surface area contributed by atoms with Crippen LogP contribution in [-0.2, 0) is 14.4 Å². The molecule has 0 unspecified atom stereocenters. The first-order chi connectivity index (χ1) is 12.0. The minimum atomic E-state index is -0.922. The van der Waals surface area contributed by atoms with Crippen LogP contribution in [0.2, 0.25) is 0 Å². The van der Waals surface area contributed by atoms with Gasteiger partial charge >= 0.3 is 11.9 Å². The van der Waals surface area contributed by atoms with Crippen molar-refractivity contribution < 1.29 is 30.1 Å². The fourth-order valence-corrected chi connectivity index (χ4v) is 1.46. The highest BCUT2D eigenvalue weighted by Crippen LogP contribution is 2.00. The molecule has 2 aromatic rings. The van der Waals surface area contributed by atoms with Crippen LogP contribution in [0.4, 0.5) is 0 Å². The lowest BCUT2D eigenvalue weighted by atomic mass is 10.2. The summed E-state index contributed by atoms with van der Waals surface area (Å²) < 4.78 is 0. The van der Waals surface area contributed by atoms with Crippen LogP contribution in [0.15, 0.2) is 72.8 Å². The second kappa shape index (κ2) is 16.4. The number of hydrogen-bond acceptors (Lipinski definition) is 3. The highest BCUT2D eigenvalue weighted by molar-refractivity contribution is 5.85. The van der Waals surface area contributed by atoms with Gasteiger partial charge in [0.25, 0.3) is 0 Å². The third kappa shape index (κ3) is 15.4. The maximum Gasteiger partial charge on any atom is 0.328 e. The van der Waals surface area contributed by atoms with Crippen molar-refractivity contribution in [2.24, 2.45) is 0 Å². The van der Waals surface area contributed by atoms with Crippen molar-refractivity contribution in [3.05, 3.63) is 83.9 Å². The van der Waals surface area contributed by atoms with Gasteiger partial charge in [-0.1, -0.05) is 60.7 Å². The largest absolute Gasteiger partial charge is 0.478 e. The quantitative estimate of drug-likeness (QED) is 0.642. The Labute approximate surface area is 152 Å². The molecular formula is C20H22O6. The Morgan fingerprint density at radius 2 is 1.00 bits per heavy atom. The number of carbonyl (C=O) groups excluding carboxylic acids is 1. The molecule has 4 N–H and O–H groups in total. The van der Waals surface area contributed by atoms with E-state index in [1.807, 2.05) is 60.7 Å². The molecule has 0 radical (unpaired) electrons. The molecule has 0 aliphatic heterocycles. The van der Waals surface area contributed by atoms with Crippen LogP contribution >= 0.6 is 0 Å².